The number of guanidine groups is 1. The van der Waals surface area contributed by atoms with Gasteiger partial charge in [0.15, 0.2) is 5.96 Å². The Morgan fingerprint density at radius 2 is 2.15 bits per heavy atom. The maximum absolute atomic E-state index is 13.4. The number of hydrogen-bond acceptors (Lipinski definition) is 3. The highest BCUT2D eigenvalue weighted by atomic mass is 19.1. The van der Waals surface area contributed by atoms with Gasteiger partial charge < -0.3 is 15.5 Å². The number of hydrogen-bond donors (Lipinski definition) is 2. The zero-order valence-corrected chi connectivity index (χ0v) is 16.3. The van der Waals surface area contributed by atoms with Crippen LogP contribution in [0.15, 0.2) is 41.5 Å². The molecule has 27 heavy (non-hydrogen) atoms. The molecule has 0 amide bonds. The SMILES string of the molecule is CN=C(NCc1ncccc1C)NC1CCCN(c2ccc(F)cc2C)C1. The van der Waals surface area contributed by atoms with Gasteiger partial charge in [0.05, 0.1) is 12.2 Å². The van der Waals surface area contributed by atoms with Crippen molar-refractivity contribution in [3.63, 3.8) is 0 Å². The first-order chi connectivity index (χ1) is 13.1. The second-order valence-electron chi connectivity index (χ2n) is 7.05. The third-order valence-electron chi connectivity index (χ3n) is 5.03. The highest BCUT2D eigenvalue weighted by molar-refractivity contribution is 5.80. The normalized spacial score (nSPS) is 17.7. The van der Waals surface area contributed by atoms with Crippen LogP contribution < -0.4 is 15.5 Å². The van der Waals surface area contributed by atoms with Gasteiger partial charge in [-0.1, -0.05) is 6.07 Å². The van der Waals surface area contributed by atoms with Gasteiger partial charge in [-0.3, -0.25) is 9.98 Å². The Hall–Kier alpha value is -2.63. The predicted molar refractivity (Wildman–Crippen MR) is 109 cm³/mol. The summed E-state index contributed by atoms with van der Waals surface area (Å²) in [6, 6.07) is 9.31. The van der Waals surface area contributed by atoms with E-state index in [9.17, 15) is 4.39 Å². The van der Waals surface area contributed by atoms with E-state index in [1.165, 1.54) is 6.07 Å². The quantitative estimate of drug-likeness (QED) is 0.642. The molecule has 1 atom stereocenters. The van der Waals surface area contributed by atoms with Crippen LogP contribution in [0.5, 0.6) is 0 Å². The van der Waals surface area contributed by atoms with Gasteiger partial charge in [0, 0.05) is 38.1 Å². The van der Waals surface area contributed by atoms with Crippen molar-refractivity contribution in [2.45, 2.75) is 39.3 Å². The standard InChI is InChI=1S/C21H28FN5/c1-15-6-4-10-24-19(15)13-25-21(23-3)26-18-7-5-11-27(14-18)20-9-8-17(22)12-16(20)2/h4,6,8-10,12,18H,5,7,11,13-14H2,1-3H3,(H2,23,25,26). The molecule has 2 N–H and O–H groups in total. The van der Waals surface area contributed by atoms with E-state index in [0.717, 1.165) is 54.4 Å². The number of pyridine rings is 1. The Morgan fingerprint density at radius 3 is 2.89 bits per heavy atom. The van der Waals surface area contributed by atoms with Crippen molar-refractivity contribution in [2.24, 2.45) is 4.99 Å². The molecule has 0 bridgehead atoms. The van der Waals surface area contributed by atoms with Crippen molar-refractivity contribution in [3.05, 3.63) is 59.2 Å². The molecule has 6 heteroatoms. The van der Waals surface area contributed by atoms with E-state index in [-0.39, 0.29) is 5.82 Å². The number of rotatable bonds is 4. The number of anilines is 1. The number of piperidine rings is 1. The molecule has 2 heterocycles. The number of nitrogens with zero attached hydrogens (tertiary/aromatic N) is 3. The van der Waals surface area contributed by atoms with Crippen molar-refractivity contribution < 1.29 is 4.39 Å². The molecule has 1 aliphatic heterocycles. The van der Waals surface area contributed by atoms with E-state index in [1.807, 2.05) is 25.3 Å². The van der Waals surface area contributed by atoms with E-state index >= 15 is 0 Å². The zero-order chi connectivity index (χ0) is 19.2. The van der Waals surface area contributed by atoms with Crippen LogP contribution in [0.25, 0.3) is 0 Å². The number of halogens is 1. The summed E-state index contributed by atoms with van der Waals surface area (Å²) in [4.78, 5) is 11.1. The van der Waals surface area contributed by atoms with Crippen molar-refractivity contribution in [1.82, 2.24) is 15.6 Å². The average Bonchev–Trinajstić information content (AvgIpc) is 2.66. The summed E-state index contributed by atoms with van der Waals surface area (Å²) in [5.74, 6) is 0.597. The van der Waals surface area contributed by atoms with E-state index in [0.29, 0.717) is 12.6 Å². The fourth-order valence-electron chi connectivity index (χ4n) is 3.55. The predicted octanol–water partition coefficient (Wildman–Crippen LogP) is 3.17. The topological polar surface area (TPSA) is 52.6 Å². The maximum Gasteiger partial charge on any atom is 0.191 e. The molecule has 0 aliphatic carbocycles. The van der Waals surface area contributed by atoms with Gasteiger partial charge in [0.1, 0.15) is 5.82 Å². The van der Waals surface area contributed by atoms with Crippen molar-refractivity contribution in [2.75, 3.05) is 25.0 Å². The van der Waals surface area contributed by atoms with E-state index in [2.05, 4.69) is 38.5 Å². The van der Waals surface area contributed by atoms with Gasteiger partial charge in [-0.25, -0.2) is 4.39 Å². The summed E-state index contributed by atoms with van der Waals surface area (Å²) in [5, 5.41) is 6.88. The number of aliphatic imine (C=N–C) groups is 1. The third-order valence-corrected chi connectivity index (χ3v) is 5.03. The minimum Gasteiger partial charge on any atom is -0.369 e. The molecule has 0 radical (unpaired) electrons. The molecule has 0 saturated carbocycles. The van der Waals surface area contributed by atoms with Crippen molar-refractivity contribution in [1.29, 1.82) is 0 Å². The second kappa shape index (κ2) is 8.84. The Bertz CT molecular complexity index is 805. The van der Waals surface area contributed by atoms with Crippen LogP contribution in [0.1, 0.15) is 29.7 Å². The molecule has 1 unspecified atom stereocenters. The fourth-order valence-corrected chi connectivity index (χ4v) is 3.55. The smallest absolute Gasteiger partial charge is 0.191 e. The summed E-state index contributed by atoms with van der Waals surface area (Å²) in [7, 11) is 1.78. The molecule has 1 aromatic carbocycles. The zero-order valence-electron chi connectivity index (χ0n) is 16.3. The van der Waals surface area contributed by atoms with Gasteiger partial charge in [0.25, 0.3) is 0 Å². The highest BCUT2D eigenvalue weighted by Gasteiger charge is 2.22. The van der Waals surface area contributed by atoms with E-state index in [1.54, 1.807) is 13.1 Å². The first kappa shape index (κ1) is 19.1. The van der Waals surface area contributed by atoms with Gasteiger partial charge in [-0.2, -0.15) is 0 Å². The summed E-state index contributed by atoms with van der Waals surface area (Å²) in [6.07, 6.45) is 3.98. The number of nitrogens with one attached hydrogen (secondary N) is 2. The van der Waals surface area contributed by atoms with Crippen LogP contribution in [0.2, 0.25) is 0 Å². The van der Waals surface area contributed by atoms with Crippen molar-refractivity contribution in [3.8, 4) is 0 Å². The maximum atomic E-state index is 13.4. The molecule has 1 saturated heterocycles. The lowest BCUT2D eigenvalue weighted by Gasteiger charge is -2.36. The monoisotopic (exact) mass is 369 g/mol. The lowest BCUT2D eigenvalue weighted by Crippen LogP contribution is -2.51. The van der Waals surface area contributed by atoms with E-state index in [4.69, 9.17) is 0 Å². The Kier molecular flexibility index (Phi) is 6.27. The first-order valence-electron chi connectivity index (χ1n) is 9.45. The van der Waals surface area contributed by atoms with Crippen LogP contribution in [0, 0.1) is 19.7 Å². The minimum atomic E-state index is -0.183. The van der Waals surface area contributed by atoms with Crippen LogP contribution >= 0.6 is 0 Å². The molecular formula is C21H28FN5. The number of aromatic nitrogens is 1. The molecule has 0 spiro atoms. The van der Waals surface area contributed by atoms with Crippen LogP contribution in [-0.2, 0) is 6.54 Å². The van der Waals surface area contributed by atoms with Crippen LogP contribution in [0.3, 0.4) is 0 Å². The van der Waals surface area contributed by atoms with Gasteiger partial charge in [-0.15, -0.1) is 0 Å². The number of aryl methyl sites for hydroxylation is 2. The first-order valence-corrected chi connectivity index (χ1v) is 9.45. The summed E-state index contributed by atoms with van der Waals surface area (Å²) in [5.41, 5.74) is 4.27. The average molecular weight is 369 g/mol. The molecule has 5 nitrogen and oxygen atoms in total. The van der Waals surface area contributed by atoms with Gasteiger partial charge in [0.2, 0.25) is 0 Å². The molecule has 3 rings (SSSR count). The molecule has 144 valence electrons. The largest absolute Gasteiger partial charge is 0.369 e. The van der Waals surface area contributed by atoms with E-state index < -0.39 is 0 Å². The molecular weight excluding hydrogens is 341 g/mol. The molecule has 1 fully saturated rings. The van der Waals surface area contributed by atoms with Gasteiger partial charge >= 0.3 is 0 Å². The Morgan fingerprint density at radius 1 is 1.30 bits per heavy atom. The Balaban J connectivity index is 1.59. The summed E-state index contributed by atoms with van der Waals surface area (Å²) < 4.78 is 13.4. The van der Waals surface area contributed by atoms with Gasteiger partial charge in [-0.05, 0) is 62.1 Å². The minimum absolute atomic E-state index is 0.183. The second-order valence-corrected chi connectivity index (χ2v) is 7.05. The van der Waals surface area contributed by atoms with Crippen LogP contribution in [0.4, 0.5) is 10.1 Å². The lowest BCUT2D eigenvalue weighted by molar-refractivity contribution is 0.467. The van der Waals surface area contributed by atoms with Crippen molar-refractivity contribution >= 4 is 11.6 Å². The lowest BCUT2D eigenvalue weighted by atomic mass is 10.0. The van der Waals surface area contributed by atoms with Crippen LogP contribution in [-0.4, -0.2) is 37.1 Å². The molecule has 2 aromatic rings. The third kappa shape index (κ3) is 4.96. The Labute approximate surface area is 160 Å². The summed E-state index contributed by atoms with van der Waals surface area (Å²) in [6.45, 7) is 6.52. The molecule has 1 aliphatic rings. The fraction of sp³-hybridized carbons (Fsp3) is 0.429. The number of benzene rings is 1. The molecule has 1 aromatic heterocycles. The highest BCUT2D eigenvalue weighted by Crippen LogP contribution is 2.24. The summed E-state index contributed by atoms with van der Waals surface area (Å²) >= 11 is 0.